The number of amides is 1. The predicted octanol–water partition coefficient (Wildman–Crippen LogP) is 3.80. The maximum Gasteiger partial charge on any atom is 0.232 e. The highest BCUT2D eigenvalue weighted by Gasteiger charge is 2.43. The molecule has 1 heterocycles. The van der Waals surface area contributed by atoms with Crippen molar-refractivity contribution in [1.29, 1.82) is 0 Å². The number of anilines is 1. The lowest BCUT2D eigenvalue weighted by molar-refractivity contribution is -0.136. The van der Waals surface area contributed by atoms with Crippen LogP contribution in [0.3, 0.4) is 0 Å². The minimum absolute atomic E-state index is 0.191. The van der Waals surface area contributed by atoms with Crippen LogP contribution < -0.4 is 5.32 Å². The fourth-order valence-electron chi connectivity index (χ4n) is 3.69. The number of nitrogens with zero attached hydrogens (tertiary/aromatic N) is 3. The first-order valence-electron chi connectivity index (χ1n) is 8.94. The number of carbonyl (C=O) groups excluding carboxylic acids is 1. The minimum atomic E-state index is -0.880. The summed E-state index contributed by atoms with van der Waals surface area (Å²) in [5.41, 5.74) is 1.37. The first-order valence-corrected chi connectivity index (χ1v) is 8.94. The Kier molecular flexibility index (Phi) is 3.77. The summed E-state index contributed by atoms with van der Waals surface area (Å²) in [6.45, 7) is 9.01. The van der Waals surface area contributed by atoms with E-state index in [0.29, 0.717) is 30.5 Å². The molecule has 0 spiro atoms. The number of aliphatic hydroxyl groups is 1. The van der Waals surface area contributed by atoms with Gasteiger partial charge < -0.3 is 9.67 Å². The lowest BCUT2D eigenvalue weighted by Crippen LogP contribution is -2.48. The molecule has 6 heteroatoms. The van der Waals surface area contributed by atoms with Gasteiger partial charge in [0.2, 0.25) is 11.9 Å². The van der Waals surface area contributed by atoms with E-state index in [1.54, 1.807) is 13.0 Å². The van der Waals surface area contributed by atoms with Crippen LogP contribution in [0.1, 0.15) is 51.5 Å². The Morgan fingerprint density at radius 2 is 2.20 bits per heavy atom. The van der Waals surface area contributed by atoms with Gasteiger partial charge in [-0.15, -0.1) is 0 Å². The zero-order chi connectivity index (χ0) is 17.6. The highest BCUT2D eigenvalue weighted by atomic mass is 16.3. The Labute approximate surface area is 146 Å². The monoisotopic (exact) mass is 338 g/mol. The fraction of sp³-hybridized carbons (Fsp3) is 0.526. The molecule has 0 radical (unpaired) electrons. The third-order valence-corrected chi connectivity index (χ3v) is 5.90. The molecule has 0 bridgehead atoms. The topological polar surface area (TPSA) is 71.5 Å². The van der Waals surface area contributed by atoms with Gasteiger partial charge in [-0.3, -0.25) is 10.1 Å². The number of rotatable bonds is 4. The molecule has 1 aromatic carbocycles. The number of hydrogen-bond donors (Lipinski definition) is 2. The van der Waals surface area contributed by atoms with Crippen LogP contribution in [0.5, 0.6) is 0 Å². The molecule has 0 unspecified atom stereocenters. The molecule has 25 heavy (non-hydrogen) atoms. The van der Waals surface area contributed by atoms with Crippen molar-refractivity contribution in [3.63, 3.8) is 0 Å². The van der Waals surface area contributed by atoms with E-state index in [0.717, 1.165) is 36.7 Å². The average molecular weight is 338 g/mol. The molecule has 2 saturated carbocycles. The largest absolute Gasteiger partial charge is 0.389 e. The zero-order valence-electron chi connectivity index (χ0n) is 14.3. The lowest BCUT2D eigenvalue weighted by Gasteiger charge is -2.40. The third kappa shape index (κ3) is 2.59. The summed E-state index contributed by atoms with van der Waals surface area (Å²) < 4.78 is 2.06. The number of carbonyl (C=O) groups is 1. The van der Waals surface area contributed by atoms with Crippen molar-refractivity contribution >= 4 is 28.6 Å². The van der Waals surface area contributed by atoms with Crippen LogP contribution in [-0.2, 0) is 4.79 Å². The smallest absolute Gasteiger partial charge is 0.232 e. The number of benzene rings is 1. The summed E-state index contributed by atoms with van der Waals surface area (Å²) in [5, 5.41) is 13.4. The van der Waals surface area contributed by atoms with Crippen LogP contribution in [0.15, 0.2) is 18.2 Å². The van der Waals surface area contributed by atoms with E-state index in [2.05, 4.69) is 19.7 Å². The zero-order valence-corrected chi connectivity index (χ0v) is 14.3. The molecule has 2 aromatic rings. The number of imidazole rings is 1. The molecule has 2 aliphatic carbocycles. The van der Waals surface area contributed by atoms with E-state index in [4.69, 9.17) is 6.57 Å². The lowest BCUT2D eigenvalue weighted by atomic mass is 9.71. The highest BCUT2D eigenvalue weighted by molar-refractivity contribution is 5.94. The third-order valence-electron chi connectivity index (χ3n) is 5.90. The van der Waals surface area contributed by atoms with Gasteiger partial charge in [-0.25, -0.2) is 9.83 Å². The molecule has 1 aromatic heterocycles. The molecule has 2 aliphatic rings. The standard InChI is InChI=1S/C19H22N4O2/c1-12(19(25)9-4-10-19)17(24)22-18-21-15-8-7-13(20-2)11-16(15)23(18)14-5-3-6-14/h7-8,11-12,14,25H,3-6,9-10H2,1H3,(H,21,22,24)/t12-/m1/s1. The summed E-state index contributed by atoms with van der Waals surface area (Å²) in [6, 6.07) is 5.73. The van der Waals surface area contributed by atoms with Crippen LogP contribution >= 0.6 is 0 Å². The van der Waals surface area contributed by atoms with Crippen molar-refractivity contribution in [2.75, 3.05) is 5.32 Å². The first-order chi connectivity index (χ1) is 12.0. The van der Waals surface area contributed by atoms with Gasteiger partial charge in [-0.05, 0) is 50.7 Å². The highest BCUT2D eigenvalue weighted by Crippen LogP contribution is 2.40. The quantitative estimate of drug-likeness (QED) is 0.833. The Bertz CT molecular complexity index is 871. The molecule has 1 amide bonds. The van der Waals surface area contributed by atoms with E-state index in [1.165, 1.54) is 0 Å². The summed E-state index contributed by atoms with van der Waals surface area (Å²) in [4.78, 5) is 20.7. The Morgan fingerprint density at radius 1 is 1.44 bits per heavy atom. The maximum atomic E-state index is 12.7. The summed E-state index contributed by atoms with van der Waals surface area (Å²) in [7, 11) is 0. The Hall–Kier alpha value is -2.39. The average Bonchev–Trinajstić information content (AvgIpc) is 2.87. The van der Waals surface area contributed by atoms with Crippen molar-refractivity contribution in [2.45, 2.75) is 57.1 Å². The van der Waals surface area contributed by atoms with E-state index < -0.39 is 11.5 Å². The van der Waals surface area contributed by atoms with Gasteiger partial charge in [0.1, 0.15) is 0 Å². The van der Waals surface area contributed by atoms with Gasteiger partial charge in [0, 0.05) is 6.04 Å². The molecular weight excluding hydrogens is 316 g/mol. The van der Waals surface area contributed by atoms with Crippen molar-refractivity contribution in [1.82, 2.24) is 9.55 Å². The van der Waals surface area contributed by atoms with Gasteiger partial charge >= 0.3 is 0 Å². The number of hydrogen-bond acceptors (Lipinski definition) is 3. The van der Waals surface area contributed by atoms with Crippen LogP contribution in [0.25, 0.3) is 15.9 Å². The predicted molar refractivity (Wildman–Crippen MR) is 95.5 cm³/mol. The second-order valence-electron chi connectivity index (χ2n) is 7.34. The molecule has 2 fully saturated rings. The molecule has 1 atom stereocenters. The molecule has 2 N–H and O–H groups in total. The Morgan fingerprint density at radius 3 is 2.76 bits per heavy atom. The van der Waals surface area contributed by atoms with Crippen molar-refractivity contribution in [3.8, 4) is 0 Å². The fourth-order valence-corrected chi connectivity index (χ4v) is 3.69. The SMILES string of the molecule is [C-]#[N+]c1ccc2nc(NC(=O)[C@@H](C)C3(O)CCC3)n(C3CCC3)c2c1. The van der Waals surface area contributed by atoms with Crippen molar-refractivity contribution in [2.24, 2.45) is 5.92 Å². The number of nitrogens with one attached hydrogen (secondary N) is 1. The van der Waals surface area contributed by atoms with Gasteiger partial charge in [-0.1, -0.05) is 13.0 Å². The molecular formula is C19H22N4O2. The van der Waals surface area contributed by atoms with Crippen LogP contribution in [0, 0.1) is 12.5 Å². The number of fused-ring (bicyclic) bond motifs is 1. The van der Waals surface area contributed by atoms with E-state index in [-0.39, 0.29) is 5.91 Å². The molecule has 4 rings (SSSR count). The molecule has 0 saturated heterocycles. The summed E-state index contributed by atoms with van der Waals surface area (Å²) in [6.07, 6.45) is 5.58. The Balaban J connectivity index is 1.68. The van der Waals surface area contributed by atoms with Crippen LogP contribution in [-0.4, -0.2) is 26.2 Å². The normalized spacial score (nSPS) is 20.4. The number of aromatic nitrogens is 2. The van der Waals surface area contributed by atoms with Gasteiger partial charge in [0.25, 0.3) is 0 Å². The second-order valence-corrected chi connectivity index (χ2v) is 7.34. The van der Waals surface area contributed by atoms with Crippen molar-refractivity contribution in [3.05, 3.63) is 29.6 Å². The summed E-state index contributed by atoms with van der Waals surface area (Å²) in [5.74, 6) is -0.125. The van der Waals surface area contributed by atoms with Gasteiger partial charge in [0.15, 0.2) is 5.69 Å². The molecule has 6 nitrogen and oxygen atoms in total. The van der Waals surface area contributed by atoms with Gasteiger partial charge in [-0.2, -0.15) is 0 Å². The van der Waals surface area contributed by atoms with Crippen LogP contribution in [0.4, 0.5) is 11.6 Å². The van der Waals surface area contributed by atoms with E-state index in [9.17, 15) is 9.90 Å². The maximum absolute atomic E-state index is 12.7. The molecule has 130 valence electrons. The van der Waals surface area contributed by atoms with Crippen molar-refractivity contribution < 1.29 is 9.90 Å². The van der Waals surface area contributed by atoms with Gasteiger partial charge in [0.05, 0.1) is 29.1 Å². The first kappa shape index (κ1) is 16.1. The van der Waals surface area contributed by atoms with E-state index in [1.807, 2.05) is 12.1 Å². The molecule has 0 aliphatic heterocycles. The van der Waals surface area contributed by atoms with Crippen LogP contribution in [0.2, 0.25) is 0 Å². The second kappa shape index (κ2) is 5.85. The van der Waals surface area contributed by atoms with E-state index >= 15 is 0 Å². The summed E-state index contributed by atoms with van der Waals surface area (Å²) >= 11 is 0. The minimum Gasteiger partial charge on any atom is -0.389 e.